The van der Waals surface area contributed by atoms with Crippen molar-refractivity contribution >= 4 is 57.6 Å². The first kappa shape index (κ1) is 46.3. The van der Waals surface area contributed by atoms with Crippen molar-refractivity contribution in [2.24, 2.45) is 0 Å². The number of nitrogens with two attached hydrogens (primary N) is 2. The lowest BCUT2D eigenvalue weighted by Gasteiger charge is -2.16. The van der Waals surface area contributed by atoms with E-state index in [2.05, 4.69) is 53.6 Å². The van der Waals surface area contributed by atoms with Gasteiger partial charge in [-0.15, -0.1) is 0 Å². The molecule has 0 bridgehead atoms. The van der Waals surface area contributed by atoms with Crippen LogP contribution in [0.3, 0.4) is 0 Å². The number of aliphatic hydroxyl groups excluding tert-OH is 6. The molecule has 8 heterocycles. The molecule has 24 heteroatoms. The van der Waals surface area contributed by atoms with Gasteiger partial charge in [-0.05, 0) is 48.9 Å². The number of fused-ring (bicyclic) bond motifs is 4. The molecule has 10 N–H and O–H groups in total. The third kappa shape index (κ3) is 8.47. The van der Waals surface area contributed by atoms with Gasteiger partial charge in [-0.25, -0.2) is 29.9 Å². The number of hydrogen-bond donors (Lipinski definition) is 8. The standard InChI is InChI=1S/C24H24N6O6.C21H18N6O6/c25-20-17-21(30(12-26-17)24-19(33)18(32)15(11-31)36-24)28-16(27-20)9-3-1-2-6-10-29-22(34)13-7-4-5-8-14(13)23(29)35;22-17-14-18(27(9-23-14)21-16(30)15(29)12(8-28)33-21)25-13(24-17)6-3-7-26-19(31)10-4-1-2-5-11(10)20(26)32/h4-5,7-8,12,15,18-19,24,31-33H,1-2,6,10-11H2,(H2,25,27,28);1-2,4-5,9,12,15-16,21,28-30H,7-8H2,(H2,22,24,25)/t15-,18-,19-,24-;12-,15-,16-,21-/m11/s1. The number of carbonyl (C=O) groups is 4. The Balaban J connectivity index is 0.000000172. The molecule has 4 aliphatic heterocycles. The van der Waals surface area contributed by atoms with Crippen molar-refractivity contribution in [1.82, 2.24) is 48.8 Å². The number of carbonyl (C=O) groups excluding carboxylic acids is 4. The summed E-state index contributed by atoms with van der Waals surface area (Å²) >= 11 is 0. The fourth-order valence-electron chi connectivity index (χ4n) is 8.23. The zero-order chi connectivity index (χ0) is 48.7. The second-order valence-corrected chi connectivity index (χ2v) is 16.1. The van der Waals surface area contributed by atoms with Crippen LogP contribution in [-0.2, 0) is 9.47 Å². The number of nitrogen functional groups attached to an aromatic ring is 2. The number of aromatic nitrogens is 8. The molecular formula is C45H42N12O12. The van der Waals surface area contributed by atoms with E-state index < -0.39 is 74.1 Å². The quantitative estimate of drug-likeness (QED) is 0.0465. The van der Waals surface area contributed by atoms with Crippen LogP contribution >= 0.6 is 0 Å². The zero-order valence-corrected chi connectivity index (χ0v) is 36.1. The zero-order valence-electron chi connectivity index (χ0n) is 36.1. The highest BCUT2D eigenvalue weighted by Crippen LogP contribution is 2.34. The van der Waals surface area contributed by atoms with Crippen LogP contribution in [0.25, 0.3) is 22.3 Å². The summed E-state index contributed by atoms with van der Waals surface area (Å²) in [5, 5.41) is 59.4. The van der Waals surface area contributed by atoms with Gasteiger partial charge in [0.05, 0.1) is 54.7 Å². The normalized spacial score (nSPS) is 23.7. The molecule has 354 valence electrons. The van der Waals surface area contributed by atoms with E-state index in [4.69, 9.17) is 20.9 Å². The first-order chi connectivity index (χ1) is 33.3. The second-order valence-electron chi connectivity index (χ2n) is 16.1. The molecule has 24 nitrogen and oxygen atoms in total. The summed E-state index contributed by atoms with van der Waals surface area (Å²) in [6.07, 6.45) is -4.76. The van der Waals surface area contributed by atoms with Crippen molar-refractivity contribution in [3.05, 3.63) is 95.1 Å². The Bertz CT molecular complexity index is 3090. The largest absolute Gasteiger partial charge is 0.394 e. The number of imide groups is 2. The molecule has 4 aromatic heterocycles. The minimum absolute atomic E-state index is 0.00472. The summed E-state index contributed by atoms with van der Waals surface area (Å²) in [5.41, 5.74) is 14.5. The van der Waals surface area contributed by atoms with E-state index in [1.54, 1.807) is 48.5 Å². The van der Waals surface area contributed by atoms with E-state index in [0.717, 1.165) is 4.90 Å². The van der Waals surface area contributed by atoms with Crippen molar-refractivity contribution in [3.63, 3.8) is 0 Å². The number of amides is 4. The maximum Gasteiger partial charge on any atom is 0.262 e. The molecule has 0 saturated carbocycles. The van der Waals surface area contributed by atoms with Crippen molar-refractivity contribution in [1.29, 1.82) is 0 Å². The van der Waals surface area contributed by atoms with Gasteiger partial charge in [0.1, 0.15) is 47.7 Å². The number of imidazole rings is 2. The Morgan fingerprint density at radius 1 is 0.565 bits per heavy atom. The Morgan fingerprint density at radius 2 is 0.986 bits per heavy atom. The number of ether oxygens (including phenoxy) is 2. The molecule has 2 fully saturated rings. The maximum atomic E-state index is 12.4. The van der Waals surface area contributed by atoms with E-state index in [1.807, 2.05) is 0 Å². The fourth-order valence-corrected chi connectivity index (χ4v) is 8.23. The Kier molecular flexibility index (Phi) is 12.8. The van der Waals surface area contributed by atoms with Crippen molar-refractivity contribution < 1.29 is 59.3 Å². The van der Waals surface area contributed by atoms with Gasteiger partial charge in [0.25, 0.3) is 23.6 Å². The highest BCUT2D eigenvalue weighted by molar-refractivity contribution is 6.22. The number of rotatable bonds is 9. The van der Waals surface area contributed by atoms with E-state index in [1.165, 1.54) is 26.7 Å². The predicted molar refractivity (Wildman–Crippen MR) is 237 cm³/mol. The van der Waals surface area contributed by atoms with E-state index >= 15 is 0 Å². The van der Waals surface area contributed by atoms with Crippen LogP contribution in [0.5, 0.6) is 0 Å². The second kappa shape index (κ2) is 19.1. The summed E-state index contributed by atoms with van der Waals surface area (Å²) in [6, 6.07) is 13.3. The van der Waals surface area contributed by atoms with Crippen LogP contribution < -0.4 is 11.5 Å². The van der Waals surface area contributed by atoms with Gasteiger partial charge < -0.3 is 51.6 Å². The molecule has 6 aromatic rings. The van der Waals surface area contributed by atoms with Crippen LogP contribution in [0.1, 0.15) is 84.8 Å². The number of hydrogen-bond acceptors (Lipinski definition) is 20. The highest BCUT2D eigenvalue weighted by atomic mass is 16.6. The fraction of sp³-hybridized carbons (Fsp3) is 0.333. The number of unbranched alkanes of at least 4 members (excludes halogenated alkanes) is 2. The van der Waals surface area contributed by atoms with Gasteiger partial charge in [0, 0.05) is 13.0 Å². The molecule has 10 rings (SSSR count). The smallest absolute Gasteiger partial charge is 0.262 e. The third-order valence-corrected chi connectivity index (χ3v) is 11.8. The summed E-state index contributed by atoms with van der Waals surface area (Å²) < 4.78 is 13.9. The van der Waals surface area contributed by atoms with Gasteiger partial charge in [0.2, 0.25) is 11.6 Å². The molecule has 0 aliphatic carbocycles. The summed E-state index contributed by atoms with van der Waals surface area (Å²) in [7, 11) is 0. The summed E-state index contributed by atoms with van der Waals surface area (Å²) in [6.45, 7) is -0.788. The molecule has 2 saturated heterocycles. The topological polar surface area (TPSA) is 354 Å². The van der Waals surface area contributed by atoms with Crippen LogP contribution in [0.2, 0.25) is 0 Å². The predicted octanol–water partition coefficient (Wildman–Crippen LogP) is -1.49. The summed E-state index contributed by atoms with van der Waals surface area (Å²) in [5.74, 6) is 10.1. The highest BCUT2D eigenvalue weighted by Gasteiger charge is 2.45. The SMILES string of the molecule is Nc1nc(C#CCCCCN2C(=O)c3ccccc3C2=O)nc2c1ncn2[C@@H]1O[C@H](CO)[C@@H](O)[C@H]1O.Nc1nc(C#CCN2C(=O)c3ccccc3C2=O)nc2c1ncn2[C@@H]1O[C@H](CO)[C@@H](O)[C@H]1O. The molecule has 0 spiro atoms. The number of aliphatic hydroxyl groups is 6. The van der Waals surface area contributed by atoms with Gasteiger partial charge in [-0.3, -0.25) is 38.1 Å². The minimum atomic E-state index is -1.33. The lowest BCUT2D eigenvalue weighted by atomic mass is 10.1. The average Bonchev–Trinajstić information content (AvgIpc) is 4.19. The first-order valence-electron chi connectivity index (χ1n) is 21.4. The van der Waals surface area contributed by atoms with Gasteiger partial charge in [0.15, 0.2) is 35.4 Å². The van der Waals surface area contributed by atoms with Gasteiger partial charge >= 0.3 is 0 Å². The first-order valence-corrected chi connectivity index (χ1v) is 21.4. The van der Waals surface area contributed by atoms with E-state index in [0.29, 0.717) is 53.6 Å². The molecule has 8 atom stereocenters. The maximum absolute atomic E-state index is 12.4. The van der Waals surface area contributed by atoms with Crippen molar-refractivity contribution in [2.75, 3.05) is 37.8 Å². The van der Waals surface area contributed by atoms with Gasteiger partial charge in [-0.2, -0.15) is 0 Å². The van der Waals surface area contributed by atoms with E-state index in [-0.39, 0.29) is 58.5 Å². The molecule has 69 heavy (non-hydrogen) atoms. The molecule has 0 unspecified atom stereocenters. The van der Waals surface area contributed by atoms with Crippen LogP contribution in [0, 0.1) is 23.7 Å². The molecule has 4 aliphatic rings. The monoisotopic (exact) mass is 942 g/mol. The van der Waals surface area contributed by atoms with Crippen LogP contribution in [-0.4, -0.2) is 166 Å². The minimum Gasteiger partial charge on any atom is -0.394 e. The van der Waals surface area contributed by atoms with Crippen LogP contribution in [0.4, 0.5) is 11.6 Å². The lowest BCUT2D eigenvalue weighted by Crippen LogP contribution is -2.33. The molecule has 0 radical (unpaired) electrons. The number of nitrogens with zero attached hydrogens (tertiary/aromatic N) is 10. The molecular weight excluding hydrogens is 901 g/mol. The third-order valence-electron chi connectivity index (χ3n) is 11.8. The lowest BCUT2D eigenvalue weighted by molar-refractivity contribution is -0.0511. The number of anilines is 2. The Hall–Kier alpha value is -7.78. The van der Waals surface area contributed by atoms with Crippen LogP contribution in [0.15, 0.2) is 61.2 Å². The summed E-state index contributed by atoms with van der Waals surface area (Å²) in [4.78, 5) is 77.2. The molecule has 4 amide bonds. The Morgan fingerprint density at radius 3 is 1.41 bits per heavy atom. The van der Waals surface area contributed by atoms with Gasteiger partial charge in [-0.1, -0.05) is 36.1 Å². The molecule has 2 aromatic carbocycles. The Labute approximate surface area is 389 Å². The number of benzene rings is 2. The van der Waals surface area contributed by atoms with Crippen molar-refractivity contribution in [3.8, 4) is 23.7 Å². The van der Waals surface area contributed by atoms with Crippen molar-refractivity contribution in [2.45, 2.75) is 68.3 Å². The van der Waals surface area contributed by atoms with E-state index in [9.17, 15) is 49.8 Å². The average molecular weight is 943 g/mol.